The molecule has 7 heteroatoms. The summed E-state index contributed by atoms with van der Waals surface area (Å²) in [6.45, 7) is 3.44. The van der Waals surface area contributed by atoms with Crippen LogP contribution in [-0.4, -0.2) is 45.2 Å². The molecule has 7 nitrogen and oxygen atoms in total. The van der Waals surface area contributed by atoms with Crippen LogP contribution in [0, 0.1) is 6.92 Å². The standard InChI is InChI=1S/C13H16N4O3/c1-9-3-4-10(16(9)2)13(18)17-5-6-19-11(7-17)12-14-8-20-15-12/h3-4,8,11H,5-7H2,1-2H3. The summed E-state index contributed by atoms with van der Waals surface area (Å²) in [5, 5.41) is 3.77. The van der Waals surface area contributed by atoms with Crippen molar-refractivity contribution in [1.82, 2.24) is 19.6 Å². The van der Waals surface area contributed by atoms with E-state index in [-0.39, 0.29) is 12.0 Å². The summed E-state index contributed by atoms with van der Waals surface area (Å²) in [6, 6.07) is 3.78. The number of rotatable bonds is 2. The van der Waals surface area contributed by atoms with Crippen molar-refractivity contribution in [2.75, 3.05) is 19.7 Å². The quantitative estimate of drug-likeness (QED) is 0.815. The summed E-state index contributed by atoms with van der Waals surface area (Å²) < 4.78 is 12.2. The van der Waals surface area contributed by atoms with Gasteiger partial charge >= 0.3 is 0 Å². The second-order valence-electron chi connectivity index (χ2n) is 4.82. The van der Waals surface area contributed by atoms with E-state index < -0.39 is 0 Å². The summed E-state index contributed by atoms with van der Waals surface area (Å²) in [5.41, 5.74) is 1.73. The van der Waals surface area contributed by atoms with E-state index in [0.29, 0.717) is 31.2 Å². The van der Waals surface area contributed by atoms with Gasteiger partial charge in [0.2, 0.25) is 12.2 Å². The summed E-state index contributed by atoms with van der Waals surface area (Å²) in [5.74, 6) is 0.475. The number of nitrogens with zero attached hydrogens (tertiary/aromatic N) is 4. The van der Waals surface area contributed by atoms with Gasteiger partial charge in [-0.15, -0.1) is 0 Å². The first-order valence-electron chi connectivity index (χ1n) is 6.46. The number of hydrogen-bond donors (Lipinski definition) is 0. The van der Waals surface area contributed by atoms with Crippen molar-refractivity contribution in [2.45, 2.75) is 13.0 Å². The number of amides is 1. The van der Waals surface area contributed by atoms with Gasteiger partial charge in [0.25, 0.3) is 5.91 Å². The third-order valence-electron chi connectivity index (χ3n) is 3.61. The highest BCUT2D eigenvalue weighted by molar-refractivity contribution is 5.93. The molecule has 3 rings (SSSR count). The molecule has 0 N–H and O–H groups in total. The second-order valence-corrected chi connectivity index (χ2v) is 4.82. The smallest absolute Gasteiger partial charge is 0.270 e. The number of hydrogen-bond acceptors (Lipinski definition) is 5. The minimum Gasteiger partial charge on any atom is -0.366 e. The Morgan fingerprint density at radius 1 is 1.45 bits per heavy atom. The number of morpholine rings is 1. The van der Waals surface area contributed by atoms with Crippen LogP contribution in [0.15, 0.2) is 23.0 Å². The predicted molar refractivity (Wildman–Crippen MR) is 69.0 cm³/mol. The van der Waals surface area contributed by atoms with Gasteiger partial charge in [-0.1, -0.05) is 5.16 Å². The van der Waals surface area contributed by atoms with E-state index in [4.69, 9.17) is 9.26 Å². The van der Waals surface area contributed by atoms with Gasteiger partial charge in [-0.3, -0.25) is 4.79 Å². The highest BCUT2D eigenvalue weighted by atomic mass is 16.5. The third-order valence-corrected chi connectivity index (χ3v) is 3.61. The Balaban J connectivity index is 1.77. The van der Waals surface area contributed by atoms with E-state index in [1.54, 1.807) is 4.90 Å². The summed E-state index contributed by atoms with van der Waals surface area (Å²) >= 11 is 0. The molecule has 0 aromatic carbocycles. The largest absolute Gasteiger partial charge is 0.366 e. The van der Waals surface area contributed by atoms with E-state index in [0.717, 1.165) is 5.69 Å². The fourth-order valence-electron chi connectivity index (χ4n) is 2.30. The van der Waals surface area contributed by atoms with Gasteiger partial charge in [0.05, 0.1) is 13.2 Å². The lowest BCUT2D eigenvalue weighted by molar-refractivity contribution is -0.0279. The van der Waals surface area contributed by atoms with E-state index in [1.807, 2.05) is 30.7 Å². The Morgan fingerprint density at radius 3 is 2.95 bits per heavy atom. The first-order chi connectivity index (χ1) is 9.66. The molecule has 1 aliphatic heterocycles. The van der Waals surface area contributed by atoms with Crippen LogP contribution in [0.5, 0.6) is 0 Å². The maximum absolute atomic E-state index is 12.5. The fourth-order valence-corrected chi connectivity index (χ4v) is 2.30. The molecule has 0 bridgehead atoms. The molecule has 0 saturated carbocycles. The van der Waals surface area contributed by atoms with Crippen LogP contribution in [0.1, 0.15) is 28.1 Å². The molecule has 1 aliphatic rings. The van der Waals surface area contributed by atoms with Gasteiger partial charge in [-0.25, -0.2) is 0 Å². The maximum atomic E-state index is 12.5. The normalized spacial score (nSPS) is 19.3. The van der Waals surface area contributed by atoms with Crippen LogP contribution in [0.4, 0.5) is 0 Å². The second kappa shape index (κ2) is 5.09. The van der Waals surface area contributed by atoms with Crippen molar-refractivity contribution in [2.24, 2.45) is 7.05 Å². The van der Waals surface area contributed by atoms with Crippen LogP contribution in [0.25, 0.3) is 0 Å². The molecule has 2 aromatic rings. The third kappa shape index (κ3) is 2.20. The molecule has 0 spiro atoms. The Kier molecular flexibility index (Phi) is 3.27. The average Bonchev–Trinajstić information content (AvgIpc) is 3.10. The van der Waals surface area contributed by atoms with Gasteiger partial charge in [0.1, 0.15) is 11.8 Å². The molecule has 1 atom stereocenters. The molecule has 1 amide bonds. The van der Waals surface area contributed by atoms with Crippen molar-refractivity contribution in [3.63, 3.8) is 0 Å². The van der Waals surface area contributed by atoms with Crippen molar-refractivity contribution in [1.29, 1.82) is 0 Å². The number of aryl methyl sites for hydroxylation is 1. The molecule has 1 unspecified atom stereocenters. The Morgan fingerprint density at radius 2 is 2.30 bits per heavy atom. The monoisotopic (exact) mass is 276 g/mol. The molecule has 1 fully saturated rings. The zero-order valence-electron chi connectivity index (χ0n) is 11.4. The van der Waals surface area contributed by atoms with E-state index >= 15 is 0 Å². The average molecular weight is 276 g/mol. The van der Waals surface area contributed by atoms with Crippen molar-refractivity contribution < 1.29 is 14.1 Å². The van der Waals surface area contributed by atoms with Crippen molar-refractivity contribution >= 4 is 5.91 Å². The lowest BCUT2D eigenvalue weighted by Gasteiger charge is -2.31. The molecular formula is C13H16N4O3. The highest BCUT2D eigenvalue weighted by Gasteiger charge is 2.29. The highest BCUT2D eigenvalue weighted by Crippen LogP contribution is 2.20. The van der Waals surface area contributed by atoms with Crippen LogP contribution in [0.3, 0.4) is 0 Å². The lowest BCUT2D eigenvalue weighted by Crippen LogP contribution is -2.43. The van der Waals surface area contributed by atoms with E-state index in [9.17, 15) is 4.79 Å². The fraction of sp³-hybridized carbons (Fsp3) is 0.462. The van der Waals surface area contributed by atoms with Gasteiger partial charge in [-0.2, -0.15) is 4.98 Å². The molecule has 20 heavy (non-hydrogen) atoms. The molecular weight excluding hydrogens is 260 g/mol. The SMILES string of the molecule is Cc1ccc(C(=O)N2CCOC(c3ncon3)C2)n1C. The predicted octanol–water partition coefficient (Wildman–Crippen LogP) is 0.930. The van der Waals surface area contributed by atoms with Crippen LogP contribution < -0.4 is 0 Å². The van der Waals surface area contributed by atoms with Crippen molar-refractivity contribution in [3.05, 3.63) is 35.7 Å². The topological polar surface area (TPSA) is 73.4 Å². The lowest BCUT2D eigenvalue weighted by atomic mass is 10.2. The number of ether oxygens (including phenoxy) is 1. The first-order valence-corrected chi connectivity index (χ1v) is 6.46. The van der Waals surface area contributed by atoms with Gasteiger partial charge in [0, 0.05) is 19.3 Å². The zero-order valence-corrected chi connectivity index (χ0v) is 11.4. The molecule has 106 valence electrons. The molecule has 2 aromatic heterocycles. The van der Waals surface area contributed by atoms with Crippen LogP contribution in [0.2, 0.25) is 0 Å². The van der Waals surface area contributed by atoms with E-state index in [2.05, 4.69) is 10.1 Å². The zero-order chi connectivity index (χ0) is 14.1. The Bertz CT molecular complexity index is 605. The molecule has 0 radical (unpaired) electrons. The first kappa shape index (κ1) is 12.9. The summed E-state index contributed by atoms with van der Waals surface area (Å²) in [4.78, 5) is 18.3. The Hall–Kier alpha value is -2.15. The minimum atomic E-state index is -0.326. The summed E-state index contributed by atoms with van der Waals surface area (Å²) in [7, 11) is 1.89. The van der Waals surface area contributed by atoms with E-state index in [1.165, 1.54) is 6.39 Å². The van der Waals surface area contributed by atoms with Gasteiger partial charge < -0.3 is 18.7 Å². The van der Waals surface area contributed by atoms with Crippen LogP contribution >= 0.6 is 0 Å². The van der Waals surface area contributed by atoms with Gasteiger partial charge in [-0.05, 0) is 19.1 Å². The van der Waals surface area contributed by atoms with Gasteiger partial charge in [0.15, 0.2) is 0 Å². The Labute approximate surface area is 116 Å². The molecule has 1 saturated heterocycles. The maximum Gasteiger partial charge on any atom is 0.270 e. The minimum absolute atomic E-state index is 0.00241. The number of aromatic nitrogens is 3. The molecule has 0 aliphatic carbocycles. The molecule has 3 heterocycles. The van der Waals surface area contributed by atoms with Crippen LogP contribution in [-0.2, 0) is 11.8 Å². The number of carbonyl (C=O) groups excluding carboxylic acids is 1. The summed E-state index contributed by atoms with van der Waals surface area (Å²) in [6.07, 6.45) is 0.938. The number of carbonyl (C=O) groups is 1. The van der Waals surface area contributed by atoms with Crippen molar-refractivity contribution in [3.8, 4) is 0 Å².